The van der Waals surface area contributed by atoms with Gasteiger partial charge in [0.25, 0.3) is 5.56 Å². The van der Waals surface area contributed by atoms with Gasteiger partial charge in [-0.05, 0) is 19.9 Å². The molecule has 0 saturated heterocycles. The maximum absolute atomic E-state index is 11.6. The van der Waals surface area contributed by atoms with Gasteiger partial charge in [0.15, 0.2) is 5.76 Å². The van der Waals surface area contributed by atoms with E-state index in [1.165, 1.54) is 10.8 Å². The van der Waals surface area contributed by atoms with Crippen LogP contribution in [0.5, 0.6) is 0 Å². The molecule has 0 radical (unpaired) electrons. The number of carbonyl (C=O) groups excluding carboxylic acids is 1. The Morgan fingerprint density at radius 1 is 1.40 bits per heavy atom. The summed E-state index contributed by atoms with van der Waals surface area (Å²) in [4.78, 5) is 36.5. The number of nitrogens with two attached hydrogens (primary N) is 1. The minimum Gasteiger partial charge on any atom is -0.454 e. The molecule has 8 heteroatoms. The van der Waals surface area contributed by atoms with Crippen LogP contribution < -0.4 is 22.5 Å². The predicted octanol–water partition coefficient (Wildman–Crippen LogP) is -0.602. The Kier molecular flexibility index (Phi) is 3.57. The lowest BCUT2D eigenvalue weighted by Crippen LogP contribution is -2.31. The second-order valence-corrected chi connectivity index (χ2v) is 4.40. The molecule has 0 aromatic carbocycles. The van der Waals surface area contributed by atoms with E-state index in [4.69, 9.17) is 10.3 Å². The van der Waals surface area contributed by atoms with Crippen molar-refractivity contribution in [3.8, 4) is 0 Å². The standard InChI is InChI=1S/C12H14N4O4/c1-6-3-8(20-9(6)11(18)15-13)5-16-4-7(2)10(17)14-12(16)19/h3-4H,5,13H2,1-2H3,(H,15,18)(H,14,17,19). The molecule has 8 nitrogen and oxygen atoms in total. The van der Waals surface area contributed by atoms with Crippen LogP contribution in [0.3, 0.4) is 0 Å². The largest absolute Gasteiger partial charge is 0.454 e. The molecule has 0 bridgehead atoms. The summed E-state index contributed by atoms with van der Waals surface area (Å²) in [6.07, 6.45) is 1.43. The number of hydrogen-bond donors (Lipinski definition) is 3. The first-order valence-corrected chi connectivity index (χ1v) is 5.83. The van der Waals surface area contributed by atoms with Gasteiger partial charge >= 0.3 is 11.6 Å². The van der Waals surface area contributed by atoms with Gasteiger partial charge in [0.05, 0.1) is 6.54 Å². The number of aromatic amines is 1. The highest BCUT2D eigenvalue weighted by Gasteiger charge is 2.15. The number of nitrogens with zero attached hydrogens (tertiary/aromatic N) is 1. The average Bonchev–Trinajstić information content (AvgIpc) is 2.76. The average molecular weight is 278 g/mol. The van der Waals surface area contributed by atoms with Gasteiger partial charge in [-0.15, -0.1) is 0 Å². The molecule has 0 aliphatic carbocycles. The summed E-state index contributed by atoms with van der Waals surface area (Å²) < 4.78 is 6.64. The SMILES string of the molecule is Cc1cc(Cn2cc(C)c(=O)[nH]c2=O)oc1C(=O)NN. The number of rotatable bonds is 3. The number of hydrogen-bond acceptors (Lipinski definition) is 5. The van der Waals surface area contributed by atoms with Crippen molar-refractivity contribution in [2.75, 3.05) is 0 Å². The first-order chi connectivity index (χ1) is 9.42. The van der Waals surface area contributed by atoms with E-state index in [1.807, 2.05) is 5.43 Å². The van der Waals surface area contributed by atoms with Crippen molar-refractivity contribution >= 4 is 5.91 Å². The van der Waals surface area contributed by atoms with Crippen LogP contribution in [-0.2, 0) is 6.54 Å². The van der Waals surface area contributed by atoms with Crippen LogP contribution in [0.4, 0.5) is 0 Å². The molecule has 2 aromatic heterocycles. The molecule has 0 fully saturated rings. The third-order valence-corrected chi connectivity index (χ3v) is 2.82. The van der Waals surface area contributed by atoms with Crippen molar-refractivity contribution in [2.45, 2.75) is 20.4 Å². The summed E-state index contributed by atoms with van der Waals surface area (Å²) in [7, 11) is 0. The first kappa shape index (κ1) is 13.8. The quantitative estimate of drug-likeness (QED) is 0.393. The van der Waals surface area contributed by atoms with E-state index in [0.29, 0.717) is 16.9 Å². The summed E-state index contributed by atoms with van der Waals surface area (Å²) in [6.45, 7) is 3.39. The van der Waals surface area contributed by atoms with Gasteiger partial charge in [0.1, 0.15) is 5.76 Å². The van der Waals surface area contributed by atoms with Gasteiger partial charge in [-0.1, -0.05) is 0 Å². The third-order valence-electron chi connectivity index (χ3n) is 2.82. The van der Waals surface area contributed by atoms with E-state index in [-0.39, 0.29) is 12.3 Å². The Morgan fingerprint density at radius 3 is 2.75 bits per heavy atom. The molecule has 0 aliphatic rings. The number of nitrogens with one attached hydrogen (secondary N) is 2. The molecule has 0 spiro atoms. The third kappa shape index (κ3) is 2.54. The Labute approximate surface area is 113 Å². The number of aryl methyl sites for hydroxylation is 2. The molecule has 20 heavy (non-hydrogen) atoms. The number of aromatic nitrogens is 2. The zero-order chi connectivity index (χ0) is 14.9. The lowest BCUT2D eigenvalue weighted by Gasteiger charge is -2.03. The molecular weight excluding hydrogens is 264 g/mol. The maximum Gasteiger partial charge on any atom is 0.328 e. The van der Waals surface area contributed by atoms with E-state index >= 15 is 0 Å². The van der Waals surface area contributed by atoms with Crippen molar-refractivity contribution < 1.29 is 9.21 Å². The van der Waals surface area contributed by atoms with Crippen LogP contribution in [0.1, 0.15) is 27.4 Å². The topological polar surface area (TPSA) is 123 Å². The van der Waals surface area contributed by atoms with Crippen molar-refractivity contribution in [1.29, 1.82) is 0 Å². The Morgan fingerprint density at radius 2 is 2.10 bits per heavy atom. The maximum atomic E-state index is 11.6. The van der Waals surface area contributed by atoms with Crippen LogP contribution >= 0.6 is 0 Å². The highest BCUT2D eigenvalue weighted by Crippen LogP contribution is 2.15. The summed E-state index contributed by atoms with van der Waals surface area (Å²) in [5.41, 5.74) is 2.03. The van der Waals surface area contributed by atoms with Gasteiger partial charge in [-0.25, -0.2) is 10.6 Å². The fourth-order valence-corrected chi connectivity index (χ4v) is 1.82. The van der Waals surface area contributed by atoms with E-state index in [1.54, 1.807) is 19.9 Å². The zero-order valence-electron chi connectivity index (χ0n) is 11.0. The molecule has 106 valence electrons. The molecule has 2 aromatic rings. The molecular formula is C12H14N4O4. The molecule has 0 unspecified atom stereocenters. The van der Waals surface area contributed by atoms with E-state index in [0.717, 1.165) is 0 Å². The minimum atomic E-state index is -0.543. The normalized spacial score (nSPS) is 10.6. The van der Waals surface area contributed by atoms with Crippen LogP contribution in [0.15, 0.2) is 26.3 Å². The fraction of sp³-hybridized carbons (Fsp3) is 0.250. The van der Waals surface area contributed by atoms with Gasteiger partial charge in [-0.3, -0.25) is 24.6 Å². The highest BCUT2D eigenvalue weighted by molar-refractivity contribution is 5.92. The lowest BCUT2D eigenvalue weighted by molar-refractivity contribution is 0.0923. The molecule has 1 amide bonds. The Hall–Kier alpha value is -2.61. The van der Waals surface area contributed by atoms with Gasteiger partial charge in [-0.2, -0.15) is 0 Å². The van der Waals surface area contributed by atoms with Gasteiger partial charge in [0, 0.05) is 17.3 Å². The number of nitrogen functional groups attached to an aromatic ring is 1. The smallest absolute Gasteiger partial charge is 0.328 e. The van der Waals surface area contributed by atoms with E-state index < -0.39 is 17.2 Å². The van der Waals surface area contributed by atoms with Crippen LogP contribution in [0, 0.1) is 13.8 Å². The predicted molar refractivity (Wildman–Crippen MR) is 70.3 cm³/mol. The van der Waals surface area contributed by atoms with Gasteiger partial charge in [0.2, 0.25) is 0 Å². The van der Waals surface area contributed by atoms with E-state index in [9.17, 15) is 14.4 Å². The van der Waals surface area contributed by atoms with Gasteiger partial charge < -0.3 is 4.42 Å². The molecule has 0 saturated carbocycles. The van der Waals surface area contributed by atoms with Crippen LogP contribution in [0.25, 0.3) is 0 Å². The second-order valence-electron chi connectivity index (χ2n) is 4.40. The summed E-state index contributed by atoms with van der Waals surface area (Å²) in [5, 5.41) is 0. The number of H-pyrrole nitrogens is 1. The molecule has 2 rings (SSSR count). The Bertz CT molecular complexity index is 768. The van der Waals surface area contributed by atoms with Crippen LogP contribution in [-0.4, -0.2) is 15.5 Å². The lowest BCUT2D eigenvalue weighted by atomic mass is 10.2. The van der Waals surface area contributed by atoms with E-state index in [2.05, 4.69) is 4.98 Å². The first-order valence-electron chi connectivity index (χ1n) is 5.83. The van der Waals surface area contributed by atoms with Crippen LogP contribution in [0.2, 0.25) is 0 Å². The number of amides is 1. The summed E-state index contributed by atoms with van der Waals surface area (Å²) in [5.74, 6) is 5.00. The van der Waals surface area contributed by atoms with Crippen molar-refractivity contribution in [1.82, 2.24) is 15.0 Å². The second kappa shape index (κ2) is 5.17. The minimum absolute atomic E-state index is 0.0942. The van der Waals surface area contributed by atoms with Crippen molar-refractivity contribution in [3.63, 3.8) is 0 Å². The summed E-state index contributed by atoms with van der Waals surface area (Å²) in [6, 6.07) is 1.64. The van der Waals surface area contributed by atoms with Crippen molar-refractivity contribution in [3.05, 3.63) is 55.7 Å². The molecule has 4 N–H and O–H groups in total. The molecule has 0 aliphatic heterocycles. The Balaban J connectivity index is 2.36. The summed E-state index contributed by atoms with van der Waals surface area (Å²) >= 11 is 0. The fourth-order valence-electron chi connectivity index (χ4n) is 1.82. The number of carbonyl (C=O) groups is 1. The monoisotopic (exact) mass is 278 g/mol. The number of hydrazine groups is 1. The molecule has 2 heterocycles. The molecule has 0 atom stereocenters. The number of furan rings is 1. The zero-order valence-corrected chi connectivity index (χ0v) is 11.0. The highest BCUT2D eigenvalue weighted by atomic mass is 16.4. The van der Waals surface area contributed by atoms with Crippen molar-refractivity contribution in [2.24, 2.45) is 5.84 Å².